The quantitative estimate of drug-likeness (QED) is 0.172. The second-order valence-electron chi connectivity index (χ2n) is 14.5. The molecule has 0 amide bonds. The highest BCUT2D eigenvalue weighted by Crippen LogP contribution is 2.49. The molecule has 0 bridgehead atoms. The van der Waals surface area contributed by atoms with Crippen molar-refractivity contribution in [2.45, 2.75) is 0 Å². The molecular formula is C54H34N2. The minimum absolute atomic E-state index is 0.716. The van der Waals surface area contributed by atoms with E-state index >= 15 is 0 Å². The van der Waals surface area contributed by atoms with Gasteiger partial charge in [-0.25, -0.2) is 9.97 Å². The van der Waals surface area contributed by atoms with Gasteiger partial charge in [-0.2, -0.15) is 0 Å². The largest absolute Gasteiger partial charge is 0.228 e. The average molecular weight is 711 g/mol. The third-order valence-electron chi connectivity index (χ3n) is 11.3. The van der Waals surface area contributed by atoms with Gasteiger partial charge < -0.3 is 0 Å². The number of benzene rings is 9. The first-order valence-corrected chi connectivity index (χ1v) is 19.1. The maximum atomic E-state index is 5.07. The van der Waals surface area contributed by atoms with Crippen molar-refractivity contribution < 1.29 is 0 Å². The summed E-state index contributed by atoms with van der Waals surface area (Å²) in [6.45, 7) is 0. The Morgan fingerprint density at radius 3 is 1.27 bits per heavy atom. The Hall–Kier alpha value is -7.42. The van der Waals surface area contributed by atoms with Crippen molar-refractivity contribution in [1.29, 1.82) is 0 Å². The van der Waals surface area contributed by atoms with E-state index in [0.29, 0.717) is 5.82 Å². The highest BCUT2D eigenvalue weighted by molar-refractivity contribution is 6.18. The molecule has 0 atom stereocenters. The second kappa shape index (κ2) is 13.2. The zero-order valence-electron chi connectivity index (χ0n) is 30.5. The van der Waals surface area contributed by atoms with E-state index in [4.69, 9.17) is 9.97 Å². The Bertz CT molecular complexity index is 3010. The molecule has 1 aliphatic carbocycles. The SMILES string of the molecule is c1ccc(-c2cc(-c3ccc(-c4cc5ccccc5cc4-c4ccc(-c5ccc6c7c(cccc57)-c5ccccc5-6)cc4)cc3)nc(-c3ccccc3)n2)cc1. The number of rotatable bonds is 6. The van der Waals surface area contributed by atoms with Gasteiger partial charge in [0.2, 0.25) is 0 Å². The molecule has 2 nitrogen and oxygen atoms in total. The Morgan fingerprint density at radius 1 is 0.250 bits per heavy atom. The molecule has 2 heteroatoms. The molecule has 56 heavy (non-hydrogen) atoms. The van der Waals surface area contributed by atoms with Gasteiger partial charge in [-0.3, -0.25) is 0 Å². The molecule has 0 fully saturated rings. The van der Waals surface area contributed by atoms with E-state index in [-0.39, 0.29) is 0 Å². The van der Waals surface area contributed by atoms with E-state index in [2.05, 4.69) is 182 Å². The van der Waals surface area contributed by atoms with Crippen LogP contribution in [0.4, 0.5) is 0 Å². The van der Waals surface area contributed by atoms with Gasteiger partial charge in [-0.1, -0.05) is 188 Å². The van der Waals surface area contributed by atoms with Crippen LogP contribution in [-0.2, 0) is 0 Å². The number of hydrogen-bond donors (Lipinski definition) is 0. The fraction of sp³-hybridized carbons (Fsp3) is 0. The zero-order valence-corrected chi connectivity index (χ0v) is 30.5. The standard InChI is InChI=1S/C54H34N2/c1-3-12-38(13-4-1)51-34-52(56-54(55-51)40-14-5-2-6-15-40)39-28-26-37(27-29-39)50-33-42-17-8-7-16-41(42)32-49(50)36-24-22-35(23-25-36)43-30-31-48-45-19-10-9-18-44(45)47-21-11-20-46(43)53(47)48/h1-34H. The highest BCUT2D eigenvalue weighted by atomic mass is 14.9. The van der Waals surface area contributed by atoms with Gasteiger partial charge in [0.15, 0.2) is 5.82 Å². The summed E-state index contributed by atoms with van der Waals surface area (Å²) in [7, 11) is 0. The van der Waals surface area contributed by atoms with Crippen molar-refractivity contribution in [3.63, 3.8) is 0 Å². The topological polar surface area (TPSA) is 25.8 Å². The molecule has 1 aromatic heterocycles. The summed E-state index contributed by atoms with van der Waals surface area (Å²) in [5.74, 6) is 0.716. The van der Waals surface area contributed by atoms with Gasteiger partial charge in [-0.05, 0) is 95.4 Å². The predicted octanol–water partition coefficient (Wildman–Crippen LogP) is 14.4. The van der Waals surface area contributed by atoms with Crippen molar-refractivity contribution >= 4 is 21.5 Å². The van der Waals surface area contributed by atoms with E-state index < -0.39 is 0 Å². The van der Waals surface area contributed by atoms with Crippen LogP contribution in [0.5, 0.6) is 0 Å². The molecule has 0 aliphatic heterocycles. The summed E-state index contributed by atoms with van der Waals surface area (Å²) in [5.41, 5.74) is 17.4. The molecule has 10 aromatic rings. The Kier molecular flexibility index (Phi) is 7.53. The molecule has 0 saturated carbocycles. The van der Waals surface area contributed by atoms with Gasteiger partial charge in [0.1, 0.15) is 0 Å². The second-order valence-corrected chi connectivity index (χ2v) is 14.5. The fourth-order valence-corrected chi connectivity index (χ4v) is 8.50. The van der Waals surface area contributed by atoms with Crippen molar-refractivity contribution in [2.24, 2.45) is 0 Å². The minimum Gasteiger partial charge on any atom is -0.228 e. The number of fused-ring (bicyclic) bond motifs is 4. The van der Waals surface area contributed by atoms with Crippen LogP contribution in [0.2, 0.25) is 0 Å². The van der Waals surface area contributed by atoms with Gasteiger partial charge in [0.05, 0.1) is 11.4 Å². The monoisotopic (exact) mass is 710 g/mol. The summed E-state index contributed by atoms with van der Waals surface area (Å²) < 4.78 is 0. The molecule has 0 saturated heterocycles. The van der Waals surface area contributed by atoms with Gasteiger partial charge in [0.25, 0.3) is 0 Å². The van der Waals surface area contributed by atoms with E-state index in [0.717, 1.165) is 33.6 Å². The zero-order chi connectivity index (χ0) is 37.0. The summed E-state index contributed by atoms with van der Waals surface area (Å²) in [5, 5.41) is 5.09. The highest BCUT2D eigenvalue weighted by Gasteiger charge is 2.22. The fourth-order valence-electron chi connectivity index (χ4n) is 8.50. The summed E-state index contributed by atoms with van der Waals surface area (Å²) in [6.07, 6.45) is 0. The lowest BCUT2D eigenvalue weighted by Crippen LogP contribution is -1.96. The van der Waals surface area contributed by atoms with Crippen LogP contribution in [0.15, 0.2) is 206 Å². The molecular weight excluding hydrogens is 677 g/mol. The molecule has 9 aromatic carbocycles. The van der Waals surface area contributed by atoms with E-state index in [1.807, 2.05) is 24.3 Å². The predicted molar refractivity (Wildman–Crippen MR) is 234 cm³/mol. The van der Waals surface area contributed by atoms with Crippen molar-refractivity contribution in [1.82, 2.24) is 9.97 Å². The first-order chi connectivity index (χ1) is 27.7. The van der Waals surface area contributed by atoms with Gasteiger partial charge in [-0.15, -0.1) is 0 Å². The summed E-state index contributed by atoms with van der Waals surface area (Å²) >= 11 is 0. The van der Waals surface area contributed by atoms with Crippen LogP contribution in [0, 0.1) is 0 Å². The van der Waals surface area contributed by atoms with Crippen molar-refractivity contribution in [2.75, 3.05) is 0 Å². The Morgan fingerprint density at radius 2 is 0.679 bits per heavy atom. The third-order valence-corrected chi connectivity index (χ3v) is 11.3. The van der Waals surface area contributed by atoms with Crippen LogP contribution in [0.3, 0.4) is 0 Å². The normalized spacial score (nSPS) is 11.6. The molecule has 260 valence electrons. The lowest BCUT2D eigenvalue weighted by molar-refractivity contribution is 1.18. The number of hydrogen-bond acceptors (Lipinski definition) is 2. The molecule has 1 heterocycles. The molecule has 1 aliphatic rings. The smallest absolute Gasteiger partial charge is 0.160 e. The van der Waals surface area contributed by atoms with Crippen molar-refractivity contribution in [3.8, 4) is 89.5 Å². The number of aromatic nitrogens is 2. The maximum absolute atomic E-state index is 5.07. The van der Waals surface area contributed by atoms with Crippen LogP contribution >= 0.6 is 0 Å². The maximum Gasteiger partial charge on any atom is 0.160 e. The Labute approximate surface area is 326 Å². The van der Waals surface area contributed by atoms with Crippen molar-refractivity contribution in [3.05, 3.63) is 206 Å². The van der Waals surface area contributed by atoms with Crippen LogP contribution in [0.25, 0.3) is 111 Å². The van der Waals surface area contributed by atoms with Gasteiger partial charge in [0, 0.05) is 16.7 Å². The van der Waals surface area contributed by atoms with E-state index in [1.165, 1.54) is 71.6 Å². The lowest BCUT2D eigenvalue weighted by Gasteiger charge is -2.15. The molecule has 0 N–H and O–H groups in total. The third kappa shape index (κ3) is 5.42. The summed E-state index contributed by atoms with van der Waals surface area (Å²) in [4.78, 5) is 10.1. The Balaban J connectivity index is 0.985. The molecule has 0 unspecified atom stereocenters. The van der Waals surface area contributed by atoms with Crippen LogP contribution < -0.4 is 0 Å². The average Bonchev–Trinajstić information content (AvgIpc) is 3.61. The molecule has 11 rings (SSSR count). The first-order valence-electron chi connectivity index (χ1n) is 19.1. The number of nitrogens with zero attached hydrogens (tertiary/aromatic N) is 2. The lowest BCUT2D eigenvalue weighted by atomic mass is 9.89. The van der Waals surface area contributed by atoms with Crippen LogP contribution in [-0.4, -0.2) is 9.97 Å². The molecule has 0 radical (unpaired) electrons. The van der Waals surface area contributed by atoms with E-state index in [9.17, 15) is 0 Å². The summed E-state index contributed by atoms with van der Waals surface area (Å²) in [6, 6.07) is 74.0. The van der Waals surface area contributed by atoms with E-state index in [1.54, 1.807) is 0 Å². The van der Waals surface area contributed by atoms with Crippen LogP contribution in [0.1, 0.15) is 0 Å². The molecule has 0 spiro atoms. The van der Waals surface area contributed by atoms with Gasteiger partial charge >= 0.3 is 0 Å². The first kappa shape index (κ1) is 32.0. The minimum atomic E-state index is 0.716.